The number of piperidine rings is 1. The minimum absolute atomic E-state index is 0.0284. The normalized spacial score (nSPS) is 14.4. The summed E-state index contributed by atoms with van der Waals surface area (Å²) in [5.41, 5.74) is 1.66. The molecule has 2 amide bonds. The van der Waals surface area contributed by atoms with Gasteiger partial charge in [0.1, 0.15) is 11.9 Å². The smallest absolute Gasteiger partial charge is 0.251 e. The van der Waals surface area contributed by atoms with Crippen molar-refractivity contribution in [1.29, 1.82) is 0 Å². The SMILES string of the molecule is C=CC(=O)N1CCC(Oc2ccc(C(=O)NCc3ccccc3)cc2)CC1. The van der Waals surface area contributed by atoms with Crippen LogP contribution >= 0.6 is 0 Å². The van der Waals surface area contributed by atoms with E-state index in [1.165, 1.54) is 6.08 Å². The maximum atomic E-state index is 12.3. The fourth-order valence-corrected chi connectivity index (χ4v) is 3.08. The van der Waals surface area contributed by atoms with Crippen molar-refractivity contribution in [2.75, 3.05) is 13.1 Å². The Morgan fingerprint density at radius 1 is 1.07 bits per heavy atom. The summed E-state index contributed by atoms with van der Waals surface area (Å²) in [6, 6.07) is 17.0. The van der Waals surface area contributed by atoms with Gasteiger partial charge in [-0.3, -0.25) is 9.59 Å². The van der Waals surface area contributed by atoms with E-state index in [2.05, 4.69) is 11.9 Å². The van der Waals surface area contributed by atoms with Crippen LogP contribution < -0.4 is 10.1 Å². The molecule has 3 rings (SSSR count). The van der Waals surface area contributed by atoms with Gasteiger partial charge in [0.05, 0.1) is 0 Å². The monoisotopic (exact) mass is 364 g/mol. The Kier molecular flexibility index (Phi) is 6.26. The molecule has 1 saturated heterocycles. The summed E-state index contributed by atoms with van der Waals surface area (Å²) in [6.07, 6.45) is 3.01. The highest BCUT2D eigenvalue weighted by Crippen LogP contribution is 2.20. The molecule has 0 saturated carbocycles. The average Bonchev–Trinajstić information content (AvgIpc) is 2.73. The van der Waals surface area contributed by atoms with Gasteiger partial charge in [0.2, 0.25) is 5.91 Å². The molecule has 0 aromatic heterocycles. The van der Waals surface area contributed by atoms with E-state index in [0.29, 0.717) is 25.2 Å². The maximum Gasteiger partial charge on any atom is 0.251 e. The van der Waals surface area contributed by atoms with Gasteiger partial charge in [0.15, 0.2) is 0 Å². The molecular formula is C22H24N2O3. The molecule has 0 aliphatic carbocycles. The summed E-state index contributed by atoms with van der Waals surface area (Å²) in [4.78, 5) is 25.6. The lowest BCUT2D eigenvalue weighted by Gasteiger charge is -2.31. The fraction of sp³-hybridized carbons (Fsp3) is 0.273. The minimum Gasteiger partial charge on any atom is -0.490 e. The summed E-state index contributed by atoms with van der Waals surface area (Å²) in [7, 11) is 0. The first kappa shape index (κ1) is 18.7. The summed E-state index contributed by atoms with van der Waals surface area (Å²) in [5, 5.41) is 2.91. The summed E-state index contributed by atoms with van der Waals surface area (Å²) < 4.78 is 5.99. The molecule has 0 spiro atoms. The lowest BCUT2D eigenvalue weighted by Crippen LogP contribution is -2.41. The molecule has 5 heteroatoms. The van der Waals surface area contributed by atoms with E-state index in [-0.39, 0.29) is 17.9 Å². The number of benzene rings is 2. The quantitative estimate of drug-likeness (QED) is 0.801. The Balaban J connectivity index is 1.48. The van der Waals surface area contributed by atoms with E-state index in [1.54, 1.807) is 17.0 Å². The predicted molar refractivity (Wildman–Crippen MR) is 104 cm³/mol. The average molecular weight is 364 g/mol. The second kappa shape index (κ2) is 9.03. The number of ether oxygens (including phenoxy) is 1. The van der Waals surface area contributed by atoms with Crippen LogP contribution in [-0.4, -0.2) is 35.9 Å². The van der Waals surface area contributed by atoms with Crippen LogP contribution in [0.5, 0.6) is 5.75 Å². The first-order chi connectivity index (χ1) is 13.2. The van der Waals surface area contributed by atoms with Crippen LogP contribution in [0.3, 0.4) is 0 Å². The fourth-order valence-electron chi connectivity index (χ4n) is 3.08. The standard InChI is InChI=1S/C22H24N2O3/c1-2-21(25)24-14-12-20(13-15-24)27-19-10-8-18(9-11-19)22(26)23-16-17-6-4-3-5-7-17/h2-11,20H,1,12-16H2,(H,23,26). The lowest BCUT2D eigenvalue weighted by molar-refractivity contribution is -0.127. The number of rotatable bonds is 6. The van der Waals surface area contributed by atoms with Crippen LogP contribution in [0.25, 0.3) is 0 Å². The third kappa shape index (κ3) is 5.20. The maximum absolute atomic E-state index is 12.3. The number of hydrogen-bond donors (Lipinski definition) is 1. The van der Waals surface area contributed by atoms with Gasteiger partial charge in [0, 0.05) is 38.0 Å². The molecule has 0 atom stereocenters. The van der Waals surface area contributed by atoms with Crippen LogP contribution in [0.2, 0.25) is 0 Å². The zero-order chi connectivity index (χ0) is 19.1. The van der Waals surface area contributed by atoms with E-state index in [4.69, 9.17) is 4.74 Å². The van der Waals surface area contributed by atoms with E-state index in [1.807, 2.05) is 42.5 Å². The molecule has 0 bridgehead atoms. The molecule has 1 aliphatic rings. The molecule has 5 nitrogen and oxygen atoms in total. The number of nitrogens with zero attached hydrogens (tertiary/aromatic N) is 1. The third-order valence-electron chi connectivity index (χ3n) is 4.64. The molecule has 27 heavy (non-hydrogen) atoms. The molecule has 1 N–H and O–H groups in total. The van der Waals surface area contributed by atoms with Gasteiger partial charge >= 0.3 is 0 Å². The van der Waals surface area contributed by atoms with Gasteiger partial charge in [-0.15, -0.1) is 0 Å². The number of amides is 2. The second-order valence-electron chi connectivity index (χ2n) is 6.54. The van der Waals surface area contributed by atoms with Gasteiger partial charge in [-0.1, -0.05) is 36.9 Å². The van der Waals surface area contributed by atoms with Crippen molar-refractivity contribution in [3.8, 4) is 5.75 Å². The largest absolute Gasteiger partial charge is 0.490 e. The van der Waals surface area contributed by atoms with Crippen molar-refractivity contribution in [2.45, 2.75) is 25.5 Å². The van der Waals surface area contributed by atoms with Crippen LogP contribution in [0, 0.1) is 0 Å². The van der Waals surface area contributed by atoms with Gasteiger partial charge in [-0.2, -0.15) is 0 Å². The van der Waals surface area contributed by atoms with Crippen molar-refractivity contribution in [3.63, 3.8) is 0 Å². The van der Waals surface area contributed by atoms with Gasteiger partial charge in [-0.05, 0) is 35.9 Å². The predicted octanol–water partition coefficient (Wildman–Crippen LogP) is 3.17. The van der Waals surface area contributed by atoms with Gasteiger partial charge < -0.3 is 15.0 Å². The van der Waals surface area contributed by atoms with Crippen LogP contribution in [0.15, 0.2) is 67.3 Å². The van der Waals surface area contributed by atoms with Crippen molar-refractivity contribution in [1.82, 2.24) is 10.2 Å². The van der Waals surface area contributed by atoms with E-state index in [0.717, 1.165) is 24.2 Å². The van der Waals surface area contributed by atoms with Crippen molar-refractivity contribution in [3.05, 3.63) is 78.4 Å². The van der Waals surface area contributed by atoms with Crippen LogP contribution in [0.1, 0.15) is 28.8 Å². The number of nitrogens with one attached hydrogen (secondary N) is 1. The molecule has 2 aromatic rings. The number of hydrogen-bond acceptors (Lipinski definition) is 3. The Bertz CT molecular complexity index is 779. The van der Waals surface area contributed by atoms with E-state index < -0.39 is 0 Å². The van der Waals surface area contributed by atoms with Crippen LogP contribution in [0.4, 0.5) is 0 Å². The zero-order valence-corrected chi connectivity index (χ0v) is 15.3. The van der Waals surface area contributed by atoms with Crippen molar-refractivity contribution < 1.29 is 14.3 Å². The van der Waals surface area contributed by atoms with Gasteiger partial charge in [-0.25, -0.2) is 0 Å². The Morgan fingerprint density at radius 3 is 2.37 bits per heavy atom. The lowest BCUT2D eigenvalue weighted by atomic mass is 10.1. The molecular weight excluding hydrogens is 340 g/mol. The Labute approximate surface area is 159 Å². The van der Waals surface area contributed by atoms with Crippen LogP contribution in [-0.2, 0) is 11.3 Å². The first-order valence-corrected chi connectivity index (χ1v) is 9.16. The molecule has 1 fully saturated rings. The van der Waals surface area contributed by atoms with E-state index in [9.17, 15) is 9.59 Å². The molecule has 2 aromatic carbocycles. The molecule has 140 valence electrons. The molecule has 0 radical (unpaired) electrons. The Hall–Kier alpha value is -3.08. The molecule has 0 unspecified atom stereocenters. The molecule has 1 heterocycles. The highest BCUT2D eigenvalue weighted by molar-refractivity contribution is 5.94. The first-order valence-electron chi connectivity index (χ1n) is 9.16. The summed E-state index contributed by atoms with van der Waals surface area (Å²) in [6.45, 7) is 5.37. The highest BCUT2D eigenvalue weighted by Gasteiger charge is 2.22. The molecule has 1 aliphatic heterocycles. The summed E-state index contributed by atoms with van der Waals surface area (Å²) in [5.74, 6) is 0.601. The third-order valence-corrected chi connectivity index (χ3v) is 4.64. The van der Waals surface area contributed by atoms with Crippen molar-refractivity contribution >= 4 is 11.8 Å². The number of likely N-dealkylation sites (tertiary alicyclic amines) is 1. The van der Waals surface area contributed by atoms with Gasteiger partial charge in [0.25, 0.3) is 5.91 Å². The van der Waals surface area contributed by atoms with E-state index >= 15 is 0 Å². The van der Waals surface area contributed by atoms with Crippen molar-refractivity contribution in [2.24, 2.45) is 0 Å². The Morgan fingerprint density at radius 2 is 1.74 bits per heavy atom. The number of carbonyl (C=O) groups excluding carboxylic acids is 2. The highest BCUT2D eigenvalue weighted by atomic mass is 16.5. The minimum atomic E-state index is -0.110. The second-order valence-corrected chi connectivity index (χ2v) is 6.54. The summed E-state index contributed by atoms with van der Waals surface area (Å²) >= 11 is 0. The topological polar surface area (TPSA) is 58.6 Å². The zero-order valence-electron chi connectivity index (χ0n) is 15.3. The number of carbonyl (C=O) groups is 2.